The van der Waals surface area contributed by atoms with E-state index in [1.165, 1.54) is 6.33 Å². The van der Waals surface area contributed by atoms with Crippen LogP contribution in [-0.2, 0) is 0 Å². The van der Waals surface area contributed by atoms with Gasteiger partial charge in [0, 0.05) is 0 Å². The molecule has 0 saturated carbocycles. The van der Waals surface area contributed by atoms with Crippen molar-refractivity contribution in [2.24, 2.45) is 0 Å². The molecule has 0 spiro atoms. The van der Waals surface area contributed by atoms with E-state index in [2.05, 4.69) is 34.0 Å². The van der Waals surface area contributed by atoms with Gasteiger partial charge in [0.15, 0.2) is 0 Å². The van der Waals surface area contributed by atoms with Gasteiger partial charge in [-0.3, -0.25) is 0 Å². The molecule has 7 heteroatoms. The minimum absolute atomic E-state index is 0.278. The Bertz CT molecular complexity index is 1300. The number of anilines is 4. The third kappa shape index (κ3) is 4.82. The summed E-state index contributed by atoms with van der Waals surface area (Å²) in [5, 5.41) is 7.31. The molecule has 4 rings (SSSR count). The Hall–Kier alpha value is -4.31. The molecule has 0 atom stereocenters. The van der Waals surface area contributed by atoms with Gasteiger partial charge in [-0.15, -0.1) is 6.42 Å². The van der Waals surface area contributed by atoms with Gasteiger partial charge in [-0.05, 0) is 0 Å². The fourth-order valence-corrected chi connectivity index (χ4v) is 3.06. The van der Waals surface area contributed by atoms with E-state index in [-0.39, 0.29) is 6.61 Å². The molecule has 0 unspecified atom stereocenters. The number of nitrogens with two attached hydrogens (primary N) is 1. The first-order valence-corrected chi connectivity index (χ1v) is 9.63. The summed E-state index contributed by atoms with van der Waals surface area (Å²) >= 11 is 0. The van der Waals surface area contributed by atoms with Crippen LogP contribution < -0.4 is 21.1 Å². The van der Waals surface area contributed by atoms with Gasteiger partial charge in [0.1, 0.15) is 0 Å². The Morgan fingerprint density at radius 3 is 2.77 bits per heavy atom. The van der Waals surface area contributed by atoms with Crippen LogP contribution in [0, 0.1) is 12.3 Å². The molecule has 150 valence electrons. The predicted octanol–water partition coefficient (Wildman–Crippen LogP) is 3.46. The van der Waals surface area contributed by atoms with Gasteiger partial charge in [-0.25, -0.2) is 0 Å². The van der Waals surface area contributed by atoms with Gasteiger partial charge in [0.25, 0.3) is 0 Å². The molecule has 6 nitrogen and oxygen atoms in total. The molecule has 1 aromatic heterocycles. The minimum atomic E-state index is 0.278. The first-order valence-electron chi connectivity index (χ1n) is 9.63. The van der Waals surface area contributed by atoms with Crippen molar-refractivity contribution in [2.45, 2.75) is 0 Å². The molecule has 0 fully saturated rings. The first-order chi connectivity index (χ1) is 15.1. The second kappa shape index (κ2) is 9.01. The van der Waals surface area contributed by atoms with Crippen LogP contribution in [0.2, 0.25) is 0 Å². The van der Waals surface area contributed by atoms with Crippen molar-refractivity contribution in [2.75, 3.05) is 23.0 Å². The van der Waals surface area contributed by atoms with Gasteiger partial charge >= 0.3 is 175 Å². The SMILES string of the molecule is B=C(COc1ccc2ncnc(Nc3cccc(C#C)c3)c2c1)Nc1ccccc1N. The number of nitrogens with zero attached hydrogens (tertiary/aromatic N) is 2. The molecule has 4 aromatic rings. The van der Waals surface area contributed by atoms with Crippen LogP contribution in [0.4, 0.5) is 22.9 Å². The van der Waals surface area contributed by atoms with Gasteiger partial charge in [-0.1, -0.05) is 0 Å². The molecule has 0 aliphatic rings. The number of hydrogen-bond acceptors (Lipinski definition) is 6. The molecule has 31 heavy (non-hydrogen) atoms. The molecule has 0 aliphatic heterocycles. The van der Waals surface area contributed by atoms with Gasteiger partial charge in [0.05, 0.1) is 0 Å². The maximum absolute atomic E-state index is 5.96. The number of nitrogen functional groups attached to an aromatic ring is 1. The Balaban J connectivity index is 1.50. The van der Waals surface area contributed by atoms with Crippen molar-refractivity contribution in [3.05, 3.63) is 78.6 Å². The molecule has 1 heterocycles. The first kappa shape index (κ1) is 20.0. The van der Waals surface area contributed by atoms with Crippen molar-refractivity contribution in [1.29, 1.82) is 0 Å². The molecule has 0 bridgehead atoms. The summed E-state index contributed by atoms with van der Waals surface area (Å²) in [5.74, 6) is 3.97. The van der Waals surface area contributed by atoms with Gasteiger partial charge in [-0.2, -0.15) is 0 Å². The molecule has 0 saturated heterocycles. The average molecular weight is 405 g/mol. The van der Waals surface area contributed by atoms with Crippen LogP contribution in [0.15, 0.2) is 73.1 Å². The van der Waals surface area contributed by atoms with Crippen molar-refractivity contribution in [3.8, 4) is 18.1 Å². The molecule has 0 radical (unpaired) electrons. The Labute approximate surface area is 181 Å². The number of terminal acetylenes is 1. The number of aromatic nitrogens is 2. The van der Waals surface area contributed by atoms with E-state index in [0.29, 0.717) is 22.8 Å². The van der Waals surface area contributed by atoms with Crippen LogP contribution in [0.5, 0.6) is 5.75 Å². The summed E-state index contributed by atoms with van der Waals surface area (Å²) in [4.78, 5) is 8.72. The molecule has 0 amide bonds. The topological polar surface area (TPSA) is 85.1 Å². The van der Waals surface area contributed by atoms with E-state index in [1.807, 2.05) is 66.7 Å². The van der Waals surface area contributed by atoms with E-state index in [4.69, 9.17) is 16.9 Å². The second-order valence-corrected chi connectivity index (χ2v) is 6.86. The van der Waals surface area contributed by atoms with Crippen molar-refractivity contribution >= 4 is 46.9 Å². The molecule has 4 N–H and O–H groups in total. The van der Waals surface area contributed by atoms with E-state index in [1.54, 1.807) is 0 Å². The van der Waals surface area contributed by atoms with Crippen LogP contribution in [0.1, 0.15) is 5.56 Å². The second-order valence-electron chi connectivity index (χ2n) is 6.86. The van der Waals surface area contributed by atoms with Crippen LogP contribution >= 0.6 is 0 Å². The summed E-state index contributed by atoms with van der Waals surface area (Å²) < 4.78 is 5.92. The number of rotatable bonds is 7. The zero-order valence-electron chi connectivity index (χ0n) is 16.8. The monoisotopic (exact) mass is 405 g/mol. The van der Waals surface area contributed by atoms with E-state index >= 15 is 0 Å². The zero-order valence-corrected chi connectivity index (χ0v) is 16.8. The summed E-state index contributed by atoms with van der Waals surface area (Å²) in [5.41, 5.74) is 10.5. The fraction of sp³-hybridized carbons (Fsp3) is 0.0417. The molecule has 3 aromatic carbocycles. The number of ether oxygens (including phenoxy) is 1. The van der Waals surface area contributed by atoms with Crippen molar-refractivity contribution in [1.82, 2.24) is 9.97 Å². The normalized spacial score (nSPS) is 10.3. The summed E-state index contributed by atoms with van der Waals surface area (Å²) in [6.07, 6.45) is 7.02. The third-order valence-corrected chi connectivity index (χ3v) is 4.58. The summed E-state index contributed by atoms with van der Waals surface area (Å²) in [6, 6.07) is 20.7. The predicted molar refractivity (Wildman–Crippen MR) is 129 cm³/mol. The standard InChI is InChI=1S/C24H20BN5O/c1-2-16-6-5-7-17(12-16)29-24-19-13-18(10-11-21(19)27-15-28-24)31-14-23(25)30-22-9-4-3-8-20(22)26/h1,3-13,15,25,30H,14,26H2,(H,27,28,29). The van der Waals surface area contributed by atoms with Gasteiger partial charge in [0.2, 0.25) is 0 Å². The summed E-state index contributed by atoms with van der Waals surface area (Å²) in [6.45, 7) is 0.278. The number of nitrogens with one attached hydrogen (secondary N) is 2. The van der Waals surface area contributed by atoms with E-state index in [9.17, 15) is 0 Å². The zero-order chi connectivity index (χ0) is 21.6. The third-order valence-electron chi connectivity index (χ3n) is 4.58. The number of benzene rings is 3. The number of para-hydroxylation sites is 2. The van der Waals surface area contributed by atoms with Crippen molar-refractivity contribution in [3.63, 3.8) is 0 Å². The average Bonchev–Trinajstić information content (AvgIpc) is 2.79. The van der Waals surface area contributed by atoms with Crippen LogP contribution in [0.25, 0.3) is 10.9 Å². The summed E-state index contributed by atoms with van der Waals surface area (Å²) in [7, 11) is 4.01. The number of hydrogen-bond donors (Lipinski definition) is 3. The Kier molecular flexibility index (Phi) is 5.81. The van der Waals surface area contributed by atoms with Crippen LogP contribution in [0.3, 0.4) is 0 Å². The Morgan fingerprint density at radius 2 is 1.94 bits per heavy atom. The van der Waals surface area contributed by atoms with Crippen LogP contribution in [-0.4, -0.2) is 29.6 Å². The van der Waals surface area contributed by atoms with E-state index < -0.39 is 0 Å². The Morgan fingerprint density at radius 1 is 1.06 bits per heavy atom. The van der Waals surface area contributed by atoms with Crippen molar-refractivity contribution < 1.29 is 4.74 Å². The molecule has 0 aliphatic carbocycles. The maximum atomic E-state index is 5.96. The van der Waals surface area contributed by atoms with Gasteiger partial charge < -0.3 is 0 Å². The molecular weight excluding hydrogens is 385 g/mol. The molecular formula is C24H20BN5O. The van der Waals surface area contributed by atoms with E-state index in [0.717, 1.165) is 27.8 Å². The quantitative estimate of drug-likeness (QED) is 0.248. The fourth-order valence-electron chi connectivity index (χ4n) is 3.06. The number of fused-ring (bicyclic) bond motifs is 1.